The van der Waals surface area contributed by atoms with Gasteiger partial charge in [0.1, 0.15) is 31.5 Å². The van der Waals surface area contributed by atoms with Crippen LogP contribution < -0.4 is 9.47 Å². The van der Waals surface area contributed by atoms with Gasteiger partial charge in [-0.15, -0.1) is 0 Å². The fraction of sp³-hybridized carbons (Fsp3) is 0.500. The Morgan fingerprint density at radius 2 is 1.08 bits per heavy atom. The third-order valence-corrected chi connectivity index (χ3v) is 6.66. The van der Waals surface area contributed by atoms with E-state index in [4.69, 9.17) is 18.9 Å². The number of rotatable bonds is 13. The van der Waals surface area contributed by atoms with Gasteiger partial charge < -0.3 is 23.7 Å². The van der Waals surface area contributed by atoms with Gasteiger partial charge >= 0.3 is 12.4 Å². The summed E-state index contributed by atoms with van der Waals surface area (Å²) in [4.78, 5) is 0.665. The van der Waals surface area contributed by atoms with E-state index in [1.807, 2.05) is 0 Å². The van der Waals surface area contributed by atoms with Crippen molar-refractivity contribution in [2.24, 2.45) is 0 Å². The molecular formula is C24H28F6O6S. The van der Waals surface area contributed by atoms with Crippen LogP contribution in [0.4, 0.5) is 26.3 Å². The fourth-order valence-electron chi connectivity index (χ4n) is 2.82. The van der Waals surface area contributed by atoms with Gasteiger partial charge in [-0.3, -0.25) is 0 Å². The summed E-state index contributed by atoms with van der Waals surface area (Å²) in [5.41, 5.74) is -5.09. The van der Waals surface area contributed by atoms with E-state index >= 15 is 0 Å². The highest BCUT2D eigenvalue weighted by Gasteiger charge is 2.54. The topological polar surface area (TPSA) is 63.2 Å². The second-order valence-corrected chi connectivity index (χ2v) is 9.71. The van der Waals surface area contributed by atoms with Gasteiger partial charge in [-0.2, -0.15) is 26.3 Å². The first kappa shape index (κ1) is 30.9. The summed E-state index contributed by atoms with van der Waals surface area (Å²) in [7, 11) is -0.480. The van der Waals surface area contributed by atoms with Gasteiger partial charge in [-0.05, 0) is 69.3 Å². The van der Waals surface area contributed by atoms with Crippen molar-refractivity contribution in [3.05, 3.63) is 48.5 Å². The van der Waals surface area contributed by atoms with Crippen LogP contribution in [-0.2, 0) is 25.0 Å². The highest BCUT2D eigenvalue weighted by molar-refractivity contribution is 7.85. The van der Waals surface area contributed by atoms with Crippen LogP contribution in [0.15, 0.2) is 58.3 Å². The summed E-state index contributed by atoms with van der Waals surface area (Å²) in [5, 5.41) is 0. The molecule has 37 heavy (non-hydrogen) atoms. The summed E-state index contributed by atoms with van der Waals surface area (Å²) >= 11 is 0. The lowest BCUT2D eigenvalue weighted by Crippen LogP contribution is -2.50. The molecule has 2 aromatic rings. The highest BCUT2D eigenvalue weighted by atomic mass is 32.2. The smallest absolute Gasteiger partial charge is 0.420 e. The molecule has 13 heteroatoms. The first-order chi connectivity index (χ1) is 17.2. The molecule has 0 radical (unpaired) electrons. The largest absolute Gasteiger partial charge is 0.490 e. The van der Waals surface area contributed by atoms with Gasteiger partial charge in [-0.25, -0.2) is 4.21 Å². The molecule has 3 unspecified atom stereocenters. The van der Waals surface area contributed by atoms with Crippen LogP contribution >= 0.6 is 0 Å². The molecule has 0 aliphatic carbocycles. The molecule has 0 amide bonds. The Hall–Kier alpha value is -2.35. The fourth-order valence-corrected chi connectivity index (χ4v) is 3.85. The van der Waals surface area contributed by atoms with E-state index in [1.54, 1.807) is 0 Å². The number of benzene rings is 2. The Bertz CT molecular complexity index is 1010. The van der Waals surface area contributed by atoms with Crippen LogP contribution in [0.25, 0.3) is 0 Å². The summed E-state index contributed by atoms with van der Waals surface area (Å²) < 4.78 is 117. The average molecular weight is 559 g/mol. The molecule has 3 atom stereocenters. The molecule has 0 saturated heterocycles. The predicted molar refractivity (Wildman–Crippen MR) is 122 cm³/mol. The molecule has 0 fully saturated rings. The quantitative estimate of drug-likeness (QED) is 0.225. The Morgan fingerprint density at radius 1 is 0.703 bits per heavy atom. The van der Waals surface area contributed by atoms with Gasteiger partial charge in [0.25, 0.3) is 0 Å². The third-order valence-electron chi connectivity index (χ3n) is 5.26. The first-order valence-corrected chi connectivity index (χ1v) is 12.1. The van der Waals surface area contributed by atoms with E-state index in [0.29, 0.717) is 9.79 Å². The number of methoxy groups -OCH3 is 1. The molecule has 6 nitrogen and oxygen atoms in total. The Kier molecular flexibility index (Phi) is 10.4. The molecule has 0 aromatic heterocycles. The van der Waals surface area contributed by atoms with E-state index in [1.165, 1.54) is 62.6 Å². The number of halogens is 6. The lowest BCUT2D eigenvalue weighted by atomic mass is 10.1. The molecule has 0 saturated carbocycles. The lowest BCUT2D eigenvalue weighted by Gasteiger charge is -2.31. The Morgan fingerprint density at radius 3 is 1.41 bits per heavy atom. The number of ether oxygens (including phenoxy) is 5. The zero-order valence-electron chi connectivity index (χ0n) is 20.6. The van der Waals surface area contributed by atoms with Crippen LogP contribution in [0, 0.1) is 0 Å². The number of hydrogen-bond acceptors (Lipinski definition) is 6. The highest BCUT2D eigenvalue weighted by Crippen LogP contribution is 2.35. The maximum absolute atomic E-state index is 13.3. The summed E-state index contributed by atoms with van der Waals surface area (Å²) in [5.74, 6) is 0.228. The second-order valence-electron chi connectivity index (χ2n) is 8.23. The molecule has 0 bridgehead atoms. The SMILES string of the molecule is CCOC(C)(COc1ccc(S(=O)c2ccc(OCC(C)(OCOC)C(F)(F)F)cc2)cc1)C(F)(F)F. The standard InChI is InChI=1S/C24H28F6O6S/c1-5-35-21(2,23(25,26)27)14-33-17-6-10-19(11-7-17)37(31)20-12-8-18(9-13-20)34-15-22(3,24(28,29)30)36-16-32-4/h6-13H,5,14-16H2,1-4H3. The van der Waals surface area contributed by atoms with Crippen molar-refractivity contribution in [1.82, 2.24) is 0 Å². The van der Waals surface area contributed by atoms with Crippen molar-refractivity contribution in [3.63, 3.8) is 0 Å². The normalized spacial score (nSPS) is 16.5. The van der Waals surface area contributed by atoms with Crippen molar-refractivity contribution in [2.45, 2.75) is 54.1 Å². The van der Waals surface area contributed by atoms with Gasteiger partial charge in [0.15, 0.2) is 11.2 Å². The summed E-state index contributed by atoms with van der Waals surface area (Å²) in [6.45, 7) is 0.856. The van der Waals surface area contributed by atoms with Crippen molar-refractivity contribution in [1.29, 1.82) is 0 Å². The van der Waals surface area contributed by atoms with Gasteiger partial charge in [0, 0.05) is 23.5 Å². The van der Waals surface area contributed by atoms with Crippen molar-refractivity contribution in [3.8, 4) is 11.5 Å². The molecule has 0 aliphatic heterocycles. The molecular weight excluding hydrogens is 530 g/mol. The molecule has 0 N–H and O–H groups in total. The lowest BCUT2D eigenvalue weighted by molar-refractivity contribution is -0.296. The third kappa shape index (κ3) is 8.06. The van der Waals surface area contributed by atoms with Crippen LogP contribution in [0.2, 0.25) is 0 Å². The zero-order chi connectivity index (χ0) is 27.9. The molecule has 0 spiro atoms. The number of alkyl halides is 6. The van der Waals surface area contributed by atoms with E-state index < -0.39 is 54.4 Å². The van der Waals surface area contributed by atoms with Crippen molar-refractivity contribution >= 4 is 10.8 Å². The monoisotopic (exact) mass is 558 g/mol. The molecule has 2 rings (SSSR count). The molecule has 2 aromatic carbocycles. The first-order valence-electron chi connectivity index (χ1n) is 10.9. The maximum Gasteiger partial charge on any atom is 0.420 e. The van der Waals surface area contributed by atoms with Crippen LogP contribution in [0.5, 0.6) is 11.5 Å². The minimum absolute atomic E-state index is 0.100. The summed E-state index contributed by atoms with van der Waals surface area (Å²) in [6, 6.07) is 11.2. The summed E-state index contributed by atoms with van der Waals surface area (Å²) in [6.07, 6.45) is -9.35. The van der Waals surface area contributed by atoms with Gasteiger partial charge in [-0.1, -0.05) is 0 Å². The van der Waals surface area contributed by atoms with Crippen LogP contribution in [0.1, 0.15) is 20.8 Å². The second kappa shape index (κ2) is 12.5. The number of hydrogen-bond donors (Lipinski definition) is 0. The van der Waals surface area contributed by atoms with Gasteiger partial charge in [0.2, 0.25) is 0 Å². The van der Waals surface area contributed by atoms with Crippen molar-refractivity contribution in [2.75, 3.05) is 33.7 Å². The Labute approximate surface area is 213 Å². The van der Waals surface area contributed by atoms with E-state index in [2.05, 4.69) is 4.74 Å². The predicted octanol–water partition coefficient (Wildman–Crippen LogP) is 5.91. The minimum Gasteiger partial charge on any atom is -0.490 e. The molecule has 208 valence electrons. The van der Waals surface area contributed by atoms with Crippen molar-refractivity contribution < 1.29 is 54.2 Å². The van der Waals surface area contributed by atoms with E-state index in [9.17, 15) is 30.6 Å². The Balaban J connectivity index is 2.03. The maximum atomic E-state index is 13.3. The average Bonchev–Trinajstić information content (AvgIpc) is 2.84. The zero-order valence-corrected chi connectivity index (χ0v) is 21.4. The van der Waals surface area contributed by atoms with Crippen LogP contribution in [-0.4, -0.2) is 61.5 Å². The van der Waals surface area contributed by atoms with E-state index in [0.717, 1.165) is 13.8 Å². The molecule has 0 heterocycles. The minimum atomic E-state index is -4.71. The van der Waals surface area contributed by atoms with Crippen LogP contribution in [0.3, 0.4) is 0 Å². The molecule has 0 aliphatic rings. The van der Waals surface area contributed by atoms with Gasteiger partial charge in [0.05, 0.1) is 10.8 Å². The van der Waals surface area contributed by atoms with E-state index in [-0.39, 0.29) is 18.1 Å².